The van der Waals surface area contributed by atoms with Gasteiger partial charge >= 0.3 is 0 Å². The Labute approximate surface area is 131 Å². The number of ether oxygens (including phenoxy) is 1. The van der Waals surface area contributed by atoms with Crippen molar-refractivity contribution in [3.05, 3.63) is 58.7 Å². The summed E-state index contributed by atoms with van der Waals surface area (Å²) in [5, 5.41) is 0. The van der Waals surface area contributed by atoms with Crippen LogP contribution in [0.2, 0.25) is 0 Å². The fraction of sp³-hybridized carbons (Fsp3) is 0.333. The number of hydrogen-bond donors (Lipinski definition) is 1. The molecule has 3 heteroatoms. The maximum Gasteiger partial charge on any atom is 0.123 e. The standard InChI is InChI=1S/C18H23NOS/c1-12-5-8-18(20-4)16(9-12)17(19)11-21-15-7-6-13(2)14(3)10-15/h5-10,17H,11,19H2,1-4H3. The Kier molecular flexibility index (Phi) is 5.32. The number of nitrogens with two attached hydrogens (primary N) is 1. The molecule has 0 aliphatic rings. The molecule has 2 aromatic carbocycles. The Morgan fingerprint density at radius 1 is 1.05 bits per heavy atom. The van der Waals surface area contributed by atoms with Gasteiger partial charge in [-0.25, -0.2) is 0 Å². The van der Waals surface area contributed by atoms with Crippen LogP contribution in [0, 0.1) is 20.8 Å². The van der Waals surface area contributed by atoms with Crippen LogP contribution in [-0.4, -0.2) is 12.9 Å². The van der Waals surface area contributed by atoms with E-state index in [0.717, 1.165) is 17.1 Å². The largest absolute Gasteiger partial charge is 0.496 e. The highest BCUT2D eigenvalue weighted by atomic mass is 32.2. The maximum absolute atomic E-state index is 6.36. The third-order valence-corrected chi connectivity index (χ3v) is 4.81. The summed E-state index contributed by atoms with van der Waals surface area (Å²) in [6.07, 6.45) is 0. The minimum Gasteiger partial charge on any atom is -0.496 e. The van der Waals surface area contributed by atoms with E-state index in [0.29, 0.717) is 0 Å². The van der Waals surface area contributed by atoms with E-state index in [1.807, 2.05) is 12.1 Å². The molecule has 0 amide bonds. The second-order valence-electron chi connectivity index (χ2n) is 5.41. The zero-order chi connectivity index (χ0) is 15.4. The van der Waals surface area contributed by atoms with Crippen molar-refractivity contribution >= 4 is 11.8 Å². The van der Waals surface area contributed by atoms with Crippen molar-refractivity contribution in [2.45, 2.75) is 31.7 Å². The molecule has 2 rings (SSSR count). The number of methoxy groups -OCH3 is 1. The van der Waals surface area contributed by atoms with Crippen molar-refractivity contribution in [3.63, 3.8) is 0 Å². The maximum atomic E-state index is 6.36. The van der Waals surface area contributed by atoms with Gasteiger partial charge in [0.25, 0.3) is 0 Å². The predicted octanol–water partition coefficient (Wildman–Crippen LogP) is 4.41. The van der Waals surface area contributed by atoms with Crippen LogP contribution in [0.5, 0.6) is 5.75 Å². The van der Waals surface area contributed by atoms with Crippen molar-refractivity contribution in [2.75, 3.05) is 12.9 Å². The van der Waals surface area contributed by atoms with Crippen LogP contribution in [0.1, 0.15) is 28.3 Å². The van der Waals surface area contributed by atoms with E-state index in [1.165, 1.54) is 21.6 Å². The van der Waals surface area contributed by atoms with E-state index in [2.05, 4.69) is 45.0 Å². The SMILES string of the molecule is COc1ccc(C)cc1C(N)CSc1ccc(C)c(C)c1. The number of aryl methyl sites for hydroxylation is 3. The summed E-state index contributed by atoms with van der Waals surface area (Å²) >= 11 is 1.79. The van der Waals surface area contributed by atoms with E-state index < -0.39 is 0 Å². The normalized spacial score (nSPS) is 12.2. The first-order valence-corrected chi connectivity index (χ1v) is 8.10. The van der Waals surface area contributed by atoms with Gasteiger partial charge in [0.05, 0.1) is 7.11 Å². The molecule has 0 aliphatic carbocycles. The van der Waals surface area contributed by atoms with Crippen LogP contribution in [0.15, 0.2) is 41.3 Å². The van der Waals surface area contributed by atoms with Gasteiger partial charge < -0.3 is 10.5 Å². The Balaban J connectivity index is 2.09. The Hall–Kier alpha value is -1.45. The van der Waals surface area contributed by atoms with Crippen LogP contribution in [-0.2, 0) is 0 Å². The highest BCUT2D eigenvalue weighted by molar-refractivity contribution is 7.99. The lowest BCUT2D eigenvalue weighted by molar-refractivity contribution is 0.407. The van der Waals surface area contributed by atoms with Gasteiger partial charge in [0.1, 0.15) is 5.75 Å². The van der Waals surface area contributed by atoms with Crippen LogP contribution in [0.3, 0.4) is 0 Å². The molecule has 21 heavy (non-hydrogen) atoms. The Morgan fingerprint density at radius 2 is 1.81 bits per heavy atom. The smallest absolute Gasteiger partial charge is 0.123 e. The lowest BCUT2D eigenvalue weighted by Gasteiger charge is -2.16. The van der Waals surface area contributed by atoms with Crippen molar-refractivity contribution in [1.82, 2.24) is 0 Å². The third-order valence-electron chi connectivity index (χ3n) is 3.69. The monoisotopic (exact) mass is 301 g/mol. The zero-order valence-corrected chi connectivity index (χ0v) is 14.0. The van der Waals surface area contributed by atoms with Crippen molar-refractivity contribution < 1.29 is 4.74 Å². The van der Waals surface area contributed by atoms with Crippen LogP contribution in [0.4, 0.5) is 0 Å². The average Bonchev–Trinajstić information content (AvgIpc) is 2.48. The molecule has 2 nitrogen and oxygen atoms in total. The number of benzene rings is 2. The first kappa shape index (κ1) is 15.9. The van der Waals surface area contributed by atoms with E-state index in [4.69, 9.17) is 10.5 Å². The van der Waals surface area contributed by atoms with E-state index in [1.54, 1.807) is 18.9 Å². The average molecular weight is 301 g/mol. The Bertz CT molecular complexity index is 625. The van der Waals surface area contributed by atoms with Gasteiger partial charge in [0.15, 0.2) is 0 Å². The molecule has 112 valence electrons. The zero-order valence-electron chi connectivity index (χ0n) is 13.1. The van der Waals surface area contributed by atoms with Crippen LogP contribution in [0.25, 0.3) is 0 Å². The molecule has 1 atom stereocenters. The lowest BCUT2D eigenvalue weighted by Crippen LogP contribution is -2.14. The molecule has 0 saturated carbocycles. The molecule has 2 N–H and O–H groups in total. The molecule has 0 saturated heterocycles. The lowest BCUT2D eigenvalue weighted by atomic mass is 10.1. The summed E-state index contributed by atoms with van der Waals surface area (Å²) in [6.45, 7) is 6.35. The van der Waals surface area contributed by atoms with Gasteiger partial charge in [-0.15, -0.1) is 11.8 Å². The van der Waals surface area contributed by atoms with Gasteiger partial charge in [0, 0.05) is 22.3 Å². The van der Waals surface area contributed by atoms with Gasteiger partial charge in [-0.3, -0.25) is 0 Å². The van der Waals surface area contributed by atoms with Gasteiger partial charge in [-0.2, -0.15) is 0 Å². The topological polar surface area (TPSA) is 35.2 Å². The van der Waals surface area contributed by atoms with E-state index in [-0.39, 0.29) is 6.04 Å². The molecule has 0 fully saturated rings. The fourth-order valence-electron chi connectivity index (χ4n) is 2.22. The van der Waals surface area contributed by atoms with Gasteiger partial charge in [-0.05, 0) is 50.1 Å². The molecular weight excluding hydrogens is 278 g/mol. The highest BCUT2D eigenvalue weighted by Gasteiger charge is 2.13. The van der Waals surface area contributed by atoms with Crippen LogP contribution < -0.4 is 10.5 Å². The predicted molar refractivity (Wildman–Crippen MR) is 91.3 cm³/mol. The molecule has 0 heterocycles. The first-order valence-electron chi connectivity index (χ1n) is 7.11. The molecule has 2 aromatic rings. The summed E-state index contributed by atoms with van der Waals surface area (Å²) in [7, 11) is 1.69. The second kappa shape index (κ2) is 7.01. The molecule has 0 aliphatic heterocycles. The third kappa shape index (κ3) is 4.02. The summed E-state index contributed by atoms with van der Waals surface area (Å²) in [4.78, 5) is 1.26. The van der Waals surface area contributed by atoms with E-state index >= 15 is 0 Å². The molecule has 0 radical (unpaired) electrons. The molecule has 0 spiro atoms. The molecule has 1 unspecified atom stereocenters. The van der Waals surface area contributed by atoms with Crippen molar-refractivity contribution in [2.24, 2.45) is 5.73 Å². The van der Waals surface area contributed by atoms with Gasteiger partial charge in [0.2, 0.25) is 0 Å². The quantitative estimate of drug-likeness (QED) is 0.831. The Morgan fingerprint density at radius 3 is 2.48 bits per heavy atom. The summed E-state index contributed by atoms with van der Waals surface area (Å²) in [5.41, 5.74) is 11.3. The van der Waals surface area contributed by atoms with Crippen molar-refractivity contribution in [1.29, 1.82) is 0 Å². The number of hydrogen-bond acceptors (Lipinski definition) is 3. The minimum absolute atomic E-state index is 0.0357. The second-order valence-corrected chi connectivity index (χ2v) is 6.50. The number of rotatable bonds is 5. The summed E-state index contributed by atoms with van der Waals surface area (Å²) in [6, 6.07) is 12.7. The minimum atomic E-state index is -0.0357. The fourth-order valence-corrected chi connectivity index (χ4v) is 3.20. The molecule has 0 aromatic heterocycles. The molecular formula is C18H23NOS. The van der Waals surface area contributed by atoms with Gasteiger partial charge in [-0.1, -0.05) is 23.8 Å². The highest BCUT2D eigenvalue weighted by Crippen LogP contribution is 2.30. The van der Waals surface area contributed by atoms with Crippen LogP contribution >= 0.6 is 11.8 Å². The molecule has 0 bridgehead atoms. The first-order chi connectivity index (χ1) is 10.0. The van der Waals surface area contributed by atoms with Crippen molar-refractivity contribution in [3.8, 4) is 5.75 Å². The number of thioether (sulfide) groups is 1. The van der Waals surface area contributed by atoms with E-state index in [9.17, 15) is 0 Å². The summed E-state index contributed by atoms with van der Waals surface area (Å²) < 4.78 is 5.42. The summed E-state index contributed by atoms with van der Waals surface area (Å²) in [5.74, 6) is 1.70.